The van der Waals surface area contributed by atoms with Crippen molar-refractivity contribution >= 4 is 8.80 Å². The summed E-state index contributed by atoms with van der Waals surface area (Å²) in [7, 11) is -3.32. The van der Waals surface area contributed by atoms with Crippen molar-refractivity contribution in [3.8, 4) is 0 Å². The summed E-state index contributed by atoms with van der Waals surface area (Å²) in [5.41, 5.74) is 0. The average molecular weight is 368 g/mol. The molecule has 0 amide bonds. The molecule has 0 radical (unpaired) electrons. The molecule has 1 atom stereocenters. The van der Waals surface area contributed by atoms with Crippen molar-refractivity contribution in [1.29, 1.82) is 0 Å². The zero-order chi connectivity index (χ0) is 18.0. The van der Waals surface area contributed by atoms with Crippen molar-refractivity contribution in [3.63, 3.8) is 0 Å². The van der Waals surface area contributed by atoms with E-state index < -0.39 is 8.80 Å². The third-order valence-corrected chi connectivity index (χ3v) is 4.60. The highest BCUT2D eigenvalue weighted by Gasteiger charge is 2.47. The first-order valence-electron chi connectivity index (χ1n) is 8.56. The molecule has 1 saturated heterocycles. The maximum Gasteiger partial charge on any atom is 0.584 e. The Labute approximate surface area is 145 Å². The van der Waals surface area contributed by atoms with Gasteiger partial charge in [0.2, 0.25) is 0 Å². The van der Waals surface area contributed by atoms with Crippen LogP contribution in [0.4, 0.5) is 0 Å². The largest absolute Gasteiger partial charge is 0.584 e. The lowest BCUT2D eigenvalue weighted by Gasteiger charge is -2.28. The van der Waals surface area contributed by atoms with E-state index in [1.165, 1.54) is 0 Å². The lowest BCUT2D eigenvalue weighted by Crippen LogP contribution is -2.47. The van der Waals surface area contributed by atoms with E-state index in [0.29, 0.717) is 25.7 Å². The van der Waals surface area contributed by atoms with Crippen LogP contribution in [-0.2, 0) is 37.9 Å². The maximum absolute atomic E-state index is 5.54. The predicted octanol–water partition coefficient (Wildman–Crippen LogP) is 2.80. The lowest BCUT2D eigenvalue weighted by molar-refractivity contribution is -0.382. The fourth-order valence-corrected chi connectivity index (χ4v) is 3.37. The Morgan fingerprint density at radius 3 is 1.71 bits per heavy atom. The highest BCUT2D eigenvalue weighted by Crippen LogP contribution is 2.22. The zero-order valence-corrected chi connectivity index (χ0v) is 16.6. The summed E-state index contributed by atoms with van der Waals surface area (Å²) in [6.07, 6.45) is 0.457. The van der Waals surface area contributed by atoms with Crippen LogP contribution in [0, 0.1) is 0 Å². The lowest BCUT2D eigenvalue weighted by atomic mass is 10.5. The Bertz CT molecular complexity index is 291. The van der Waals surface area contributed by atoms with Gasteiger partial charge in [-0.1, -0.05) is 0 Å². The van der Waals surface area contributed by atoms with Gasteiger partial charge < -0.3 is 9.47 Å². The minimum absolute atomic E-state index is 0.148. The molecular formula is C15H32O8Si. The molecule has 1 aliphatic heterocycles. The minimum Gasteiger partial charge on any atom is -0.379 e. The molecule has 144 valence electrons. The van der Waals surface area contributed by atoms with Crippen molar-refractivity contribution in [2.45, 2.75) is 78.4 Å². The van der Waals surface area contributed by atoms with E-state index in [4.69, 9.17) is 37.9 Å². The average Bonchev–Trinajstić information content (AvgIpc) is 3.32. The Morgan fingerprint density at radius 1 is 0.875 bits per heavy atom. The number of epoxide rings is 1. The summed E-state index contributed by atoms with van der Waals surface area (Å²) in [6, 6.07) is 0.435. The summed E-state index contributed by atoms with van der Waals surface area (Å²) in [6.45, 7) is 13.0. The van der Waals surface area contributed by atoms with Gasteiger partial charge in [0.15, 0.2) is 0 Å². The first kappa shape index (κ1) is 21.9. The van der Waals surface area contributed by atoms with Crippen molar-refractivity contribution in [3.05, 3.63) is 0 Å². The van der Waals surface area contributed by atoms with Crippen LogP contribution in [0.3, 0.4) is 0 Å². The van der Waals surface area contributed by atoms with Crippen LogP contribution in [0.5, 0.6) is 0 Å². The molecule has 1 aliphatic rings. The SMILES string of the molecule is CC(C)OO[Si](CCCOCC1CO1)(OOC(C)C)OOC(C)C. The fraction of sp³-hybridized carbons (Fsp3) is 1.00. The standard InChI is InChI=1S/C15H32O8Si/c1-12(2)18-21-24(22-19-13(3)4,23-20-14(5)6)9-7-8-16-10-15-11-17-15/h12-15H,7-11H2,1-6H3. The predicted molar refractivity (Wildman–Crippen MR) is 87.7 cm³/mol. The van der Waals surface area contributed by atoms with Gasteiger partial charge in [0, 0.05) is 12.7 Å². The van der Waals surface area contributed by atoms with Gasteiger partial charge in [-0.15, -0.1) is 0 Å². The van der Waals surface area contributed by atoms with Gasteiger partial charge in [0.05, 0.1) is 31.5 Å². The van der Waals surface area contributed by atoms with Crippen molar-refractivity contribution in [2.75, 3.05) is 19.8 Å². The van der Waals surface area contributed by atoms with Crippen LogP contribution < -0.4 is 0 Å². The summed E-state index contributed by atoms with van der Waals surface area (Å²) in [4.78, 5) is 15.8. The normalized spacial score (nSPS) is 18.1. The fourth-order valence-electron chi connectivity index (χ4n) is 1.45. The van der Waals surface area contributed by atoms with Crippen molar-refractivity contribution in [1.82, 2.24) is 0 Å². The first-order valence-corrected chi connectivity index (χ1v) is 10.5. The van der Waals surface area contributed by atoms with Gasteiger partial charge in [-0.25, -0.2) is 28.4 Å². The van der Waals surface area contributed by atoms with Crippen LogP contribution in [0.25, 0.3) is 0 Å². The molecule has 0 saturated carbocycles. The number of hydrogen-bond acceptors (Lipinski definition) is 8. The maximum atomic E-state index is 5.54. The van der Waals surface area contributed by atoms with Gasteiger partial charge in [-0.3, -0.25) is 0 Å². The molecule has 0 bridgehead atoms. The van der Waals surface area contributed by atoms with Crippen LogP contribution in [-0.4, -0.2) is 53.0 Å². The van der Waals surface area contributed by atoms with Crippen molar-refractivity contribution < 1.29 is 37.9 Å². The van der Waals surface area contributed by atoms with Crippen molar-refractivity contribution in [2.24, 2.45) is 0 Å². The van der Waals surface area contributed by atoms with E-state index in [-0.39, 0.29) is 24.4 Å². The molecule has 0 aromatic heterocycles. The van der Waals surface area contributed by atoms with Gasteiger partial charge in [0.25, 0.3) is 0 Å². The molecule has 0 aromatic carbocycles. The smallest absolute Gasteiger partial charge is 0.379 e. The van der Waals surface area contributed by atoms with Crippen LogP contribution in [0.2, 0.25) is 6.04 Å². The summed E-state index contributed by atoms with van der Waals surface area (Å²) in [5, 5.41) is 0. The molecule has 0 N–H and O–H groups in total. The zero-order valence-electron chi connectivity index (χ0n) is 15.6. The van der Waals surface area contributed by atoms with Gasteiger partial charge in [-0.2, -0.15) is 0 Å². The molecule has 1 unspecified atom stereocenters. The van der Waals surface area contributed by atoms with Crippen LogP contribution >= 0.6 is 0 Å². The Morgan fingerprint density at radius 2 is 1.33 bits per heavy atom. The quantitative estimate of drug-likeness (QED) is 0.144. The molecule has 9 heteroatoms. The second kappa shape index (κ2) is 11.5. The molecule has 1 heterocycles. The molecule has 0 spiro atoms. The first-order chi connectivity index (χ1) is 11.3. The molecule has 1 fully saturated rings. The minimum atomic E-state index is -3.32. The Hall–Kier alpha value is -0.103. The van der Waals surface area contributed by atoms with E-state index in [1.807, 2.05) is 41.5 Å². The van der Waals surface area contributed by atoms with E-state index in [0.717, 1.165) is 6.61 Å². The number of rotatable bonds is 15. The molecule has 24 heavy (non-hydrogen) atoms. The topological polar surface area (TPSA) is 77.1 Å². The summed E-state index contributed by atoms with van der Waals surface area (Å²) in [5.74, 6) is 0. The third-order valence-electron chi connectivity index (χ3n) is 2.58. The van der Waals surface area contributed by atoms with E-state index >= 15 is 0 Å². The Balaban J connectivity index is 2.53. The Kier molecular flexibility index (Phi) is 10.5. The molecular weight excluding hydrogens is 336 g/mol. The molecule has 1 rings (SSSR count). The third kappa shape index (κ3) is 10.7. The highest BCUT2D eigenvalue weighted by molar-refractivity contribution is 6.59. The summed E-state index contributed by atoms with van der Waals surface area (Å²) >= 11 is 0. The van der Waals surface area contributed by atoms with E-state index in [9.17, 15) is 0 Å². The molecule has 0 aromatic rings. The monoisotopic (exact) mass is 368 g/mol. The van der Waals surface area contributed by atoms with Crippen LogP contribution in [0.1, 0.15) is 48.0 Å². The second-order valence-electron chi connectivity index (χ2n) is 6.50. The van der Waals surface area contributed by atoms with E-state index in [2.05, 4.69) is 0 Å². The van der Waals surface area contributed by atoms with Gasteiger partial charge in [0.1, 0.15) is 6.10 Å². The summed E-state index contributed by atoms with van der Waals surface area (Å²) < 4.78 is 27.1. The van der Waals surface area contributed by atoms with Gasteiger partial charge >= 0.3 is 8.80 Å². The molecule has 8 nitrogen and oxygen atoms in total. The van der Waals surface area contributed by atoms with Gasteiger partial charge in [-0.05, 0) is 48.0 Å². The number of hydrogen-bond donors (Lipinski definition) is 0. The van der Waals surface area contributed by atoms with Crippen LogP contribution in [0.15, 0.2) is 0 Å². The highest BCUT2D eigenvalue weighted by atomic mass is 28.4. The van der Waals surface area contributed by atoms with E-state index in [1.54, 1.807) is 0 Å². The number of ether oxygens (including phenoxy) is 2. The molecule has 0 aliphatic carbocycles. The second-order valence-corrected chi connectivity index (χ2v) is 8.87.